The van der Waals surface area contributed by atoms with Crippen molar-refractivity contribution in [1.29, 1.82) is 0 Å². The molecule has 1 saturated heterocycles. The molecular formula is C12H15N3O2. The Morgan fingerprint density at radius 1 is 1.41 bits per heavy atom. The molecule has 0 saturated carbocycles. The van der Waals surface area contributed by atoms with Crippen molar-refractivity contribution in [2.24, 2.45) is 0 Å². The molecule has 5 nitrogen and oxygen atoms in total. The molecule has 5 heteroatoms. The Labute approximate surface area is 99.8 Å². The molecule has 0 spiro atoms. The van der Waals surface area contributed by atoms with Gasteiger partial charge in [0.1, 0.15) is 6.04 Å². The van der Waals surface area contributed by atoms with Crippen LogP contribution < -0.4 is 10.9 Å². The van der Waals surface area contributed by atoms with Gasteiger partial charge in [-0.2, -0.15) is 0 Å². The highest BCUT2D eigenvalue weighted by atomic mass is 16.2. The minimum Gasteiger partial charge on any atom is -0.340 e. The van der Waals surface area contributed by atoms with Crippen LogP contribution in [0.25, 0.3) is 0 Å². The smallest absolute Gasteiger partial charge is 0.242 e. The molecule has 2 N–H and O–H groups in total. The van der Waals surface area contributed by atoms with Gasteiger partial charge in [-0.3, -0.25) is 15.0 Å². The molecule has 1 aromatic rings. The number of nitrogens with one attached hydrogen (secondary N) is 2. The largest absolute Gasteiger partial charge is 0.340 e. The van der Waals surface area contributed by atoms with E-state index in [0.29, 0.717) is 6.54 Å². The maximum Gasteiger partial charge on any atom is 0.242 e. The minimum absolute atomic E-state index is 0.0767. The van der Waals surface area contributed by atoms with E-state index in [1.54, 1.807) is 11.9 Å². The van der Waals surface area contributed by atoms with Crippen LogP contribution in [-0.4, -0.2) is 29.8 Å². The molecule has 1 aliphatic rings. The van der Waals surface area contributed by atoms with Crippen molar-refractivity contribution >= 4 is 11.8 Å². The molecule has 17 heavy (non-hydrogen) atoms. The number of carbonyl (C=O) groups excluding carboxylic acids is 2. The van der Waals surface area contributed by atoms with E-state index in [1.807, 2.05) is 30.3 Å². The number of carbonyl (C=O) groups is 2. The van der Waals surface area contributed by atoms with Crippen LogP contribution in [-0.2, 0) is 16.1 Å². The predicted octanol–water partition coefficient (Wildman–Crippen LogP) is 0.0381. The van der Waals surface area contributed by atoms with Gasteiger partial charge in [0, 0.05) is 13.6 Å². The van der Waals surface area contributed by atoms with Crippen LogP contribution in [0.5, 0.6) is 0 Å². The number of benzene rings is 1. The lowest BCUT2D eigenvalue weighted by Crippen LogP contribution is -2.43. The maximum absolute atomic E-state index is 12.0. The first-order valence-electron chi connectivity index (χ1n) is 5.50. The highest BCUT2D eigenvalue weighted by Gasteiger charge is 2.29. The van der Waals surface area contributed by atoms with E-state index in [1.165, 1.54) is 0 Å². The Bertz CT molecular complexity index is 419. The summed E-state index contributed by atoms with van der Waals surface area (Å²) in [5.41, 5.74) is 6.18. The summed E-state index contributed by atoms with van der Waals surface area (Å²) < 4.78 is 0. The number of hydrogen-bond acceptors (Lipinski definition) is 3. The number of amides is 2. The molecule has 90 valence electrons. The molecule has 1 atom stereocenters. The van der Waals surface area contributed by atoms with Gasteiger partial charge in [-0.1, -0.05) is 30.3 Å². The van der Waals surface area contributed by atoms with Gasteiger partial charge in [0.05, 0.1) is 6.42 Å². The molecule has 0 aliphatic carbocycles. The molecule has 0 bridgehead atoms. The zero-order valence-electron chi connectivity index (χ0n) is 9.64. The average Bonchev–Trinajstić information content (AvgIpc) is 2.76. The summed E-state index contributed by atoms with van der Waals surface area (Å²) in [7, 11) is 1.74. The monoisotopic (exact) mass is 233 g/mol. The lowest BCUT2D eigenvalue weighted by molar-refractivity contribution is -0.133. The molecule has 1 heterocycles. The Balaban J connectivity index is 1.94. The van der Waals surface area contributed by atoms with Crippen molar-refractivity contribution in [1.82, 2.24) is 15.8 Å². The van der Waals surface area contributed by atoms with Crippen molar-refractivity contribution in [3.05, 3.63) is 35.9 Å². The first-order valence-corrected chi connectivity index (χ1v) is 5.50. The summed E-state index contributed by atoms with van der Waals surface area (Å²) >= 11 is 0. The van der Waals surface area contributed by atoms with E-state index in [0.717, 1.165) is 5.56 Å². The summed E-state index contributed by atoms with van der Waals surface area (Å²) in [6, 6.07) is 9.30. The number of hydrogen-bond donors (Lipinski definition) is 2. The fourth-order valence-electron chi connectivity index (χ4n) is 1.81. The molecule has 1 fully saturated rings. The van der Waals surface area contributed by atoms with Gasteiger partial charge in [0.2, 0.25) is 11.8 Å². The quantitative estimate of drug-likeness (QED) is 0.774. The topological polar surface area (TPSA) is 61.4 Å². The minimum atomic E-state index is -0.448. The lowest BCUT2D eigenvalue weighted by Gasteiger charge is -2.20. The highest BCUT2D eigenvalue weighted by Crippen LogP contribution is 2.07. The maximum atomic E-state index is 12.0. The summed E-state index contributed by atoms with van der Waals surface area (Å²) in [6.45, 7) is 0.548. The SMILES string of the molecule is CN(Cc1ccccc1)C(=O)C1CC(=O)NN1. The van der Waals surface area contributed by atoms with Crippen LogP contribution >= 0.6 is 0 Å². The van der Waals surface area contributed by atoms with Crippen molar-refractivity contribution in [2.45, 2.75) is 19.0 Å². The number of nitrogens with zero attached hydrogens (tertiary/aromatic N) is 1. The fourth-order valence-corrected chi connectivity index (χ4v) is 1.81. The number of rotatable bonds is 3. The molecule has 2 amide bonds. The van der Waals surface area contributed by atoms with Crippen LogP contribution in [0.4, 0.5) is 0 Å². The Morgan fingerprint density at radius 3 is 2.71 bits per heavy atom. The number of hydrazine groups is 1. The fraction of sp³-hybridized carbons (Fsp3) is 0.333. The first kappa shape index (κ1) is 11.6. The standard InChI is InChI=1S/C12H15N3O2/c1-15(8-9-5-3-2-4-6-9)12(17)10-7-11(16)14-13-10/h2-6,10,13H,7-8H2,1H3,(H,14,16). The Kier molecular flexibility index (Phi) is 3.39. The van der Waals surface area contributed by atoms with E-state index in [2.05, 4.69) is 10.9 Å². The summed E-state index contributed by atoms with van der Waals surface area (Å²) in [4.78, 5) is 24.6. The summed E-state index contributed by atoms with van der Waals surface area (Å²) in [6.07, 6.45) is 0.206. The summed E-state index contributed by atoms with van der Waals surface area (Å²) in [5.74, 6) is -0.219. The van der Waals surface area contributed by atoms with Gasteiger partial charge in [-0.25, -0.2) is 5.43 Å². The summed E-state index contributed by atoms with van der Waals surface area (Å²) in [5, 5.41) is 0. The van der Waals surface area contributed by atoms with Crippen molar-refractivity contribution in [3.63, 3.8) is 0 Å². The van der Waals surface area contributed by atoms with Gasteiger partial charge < -0.3 is 4.90 Å². The molecule has 1 aromatic carbocycles. The van der Waals surface area contributed by atoms with Crippen LogP contribution in [0, 0.1) is 0 Å². The van der Waals surface area contributed by atoms with Crippen molar-refractivity contribution in [2.75, 3.05) is 7.05 Å². The molecule has 1 aliphatic heterocycles. The van der Waals surface area contributed by atoms with Crippen LogP contribution in [0.1, 0.15) is 12.0 Å². The average molecular weight is 233 g/mol. The second-order valence-electron chi connectivity index (χ2n) is 4.13. The van der Waals surface area contributed by atoms with Gasteiger partial charge in [0.15, 0.2) is 0 Å². The molecular weight excluding hydrogens is 218 g/mol. The Hall–Kier alpha value is -1.88. The molecule has 1 unspecified atom stereocenters. The third-order valence-corrected chi connectivity index (χ3v) is 2.71. The second-order valence-corrected chi connectivity index (χ2v) is 4.13. The van der Waals surface area contributed by atoms with Crippen molar-refractivity contribution < 1.29 is 9.59 Å². The van der Waals surface area contributed by atoms with E-state index in [4.69, 9.17) is 0 Å². The van der Waals surface area contributed by atoms with Gasteiger partial charge in [-0.05, 0) is 5.56 Å². The number of likely N-dealkylation sites (N-methyl/N-ethyl adjacent to an activating group) is 1. The zero-order chi connectivity index (χ0) is 12.3. The predicted molar refractivity (Wildman–Crippen MR) is 62.6 cm³/mol. The van der Waals surface area contributed by atoms with Gasteiger partial charge in [-0.15, -0.1) is 0 Å². The van der Waals surface area contributed by atoms with E-state index in [9.17, 15) is 9.59 Å². The van der Waals surface area contributed by atoms with Crippen LogP contribution in [0.3, 0.4) is 0 Å². The Morgan fingerprint density at radius 2 is 2.12 bits per heavy atom. The normalized spacial score (nSPS) is 18.9. The second kappa shape index (κ2) is 4.97. The third kappa shape index (κ3) is 2.82. The van der Waals surface area contributed by atoms with E-state index in [-0.39, 0.29) is 18.2 Å². The zero-order valence-corrected chi connectivity index (χ0v) is 9.64. The lowest BCUT2D eigenvalue weighted by atomic mass is 10.1. The first-order chi connectivity index (χ1) is 8.16. The van der Waals surface area contributed by atoms with Crippen molar-refractivity contribution in [3.8, 4) is 0 Å². The van der Waals surface area contributed by atoms with Crippen LogP contribution in [0.2, 0.25) is 0 Å². The molecule has 0 aromatic heterocycles. The van der Waals surface area contributed by atoms with Crippen LogP contribution in [0.15, 0.2) is 30.3 Å². The van der Waals surface area contributed by atoms with Gasteiger partial charge in [0.25, 0.3) is 0 Å². The molecule has 2 rings (SSSR count). The van der Waals surface area contributed by atoms with Gasteiger partial charge >= 0.3 is 0 Å². The highest BCUT2D eigenvalue weighted by molar-refractivity contribution is 5.90. The van der Waals surface area contributed by atoms with E-state index < -0.39 is 6.04 Å². The molecule has 0 radical (unpaired) electrons. The third-order valence-electron chi connectivity index (χ3n) is 2.71. The van der Waals surface area contributed by atoms with E-state index >= 15 is 0 Å².